The zero-order valence-corrected chi connectivity index (χ0v) is 10.9. The van der Waals surface area contributed by atoms with Crippen molar-refractivity contribution in [2.75, 3.05) is 0 Å². The third-order valence-electron chi connectivity index (χ3n) is 2.79. The largest absolute Gasteiger partial charge is 0.297 e. The molecule has 0 spiro atoms. The van der Waals surface area contributed by atoms with Gasteiger partial charge in [0.2, 0.25) is 0 Å². The van der Waals surface area contributed by atoms with Gasteiger partial charge in [0.1, 0.15) is 5.54 Å². The fourth-order valence-electron chi connectivity index (χ4n) is 1.64. The summed E-state index contributed by atoms with van der Waals surface area (Å²) in [7, 11) is 0. The van der Waals surface area contributed by atoms with Crippen LogP contribution in [-0.2, 0) is 6.54 Å². The predicted octanol–water partition coefficient (Wildman–Crippen LogP) is 2.07. The van der Waals surface area contributed by atoms with Crippen LogP contribution < -0.4 is 5.32 Å². The van der Waals surface area contributed by atoms with Gasteiger partial charge >= 0.3 is 0 Å². The number of hydrogen-bond acceptors (Lipinski definition) is 3. The number of aromatic nitrogens is 2. The molecule has 1 aliphatic carbocycles. The molecule has 0 aromatic carbocycles. The van der Waals surface area contributed by atoms with Gasteiger partial charge in [-0.2, -0.15) is 10.4 Å². The van der Waals surface area contributed by atoms with Gasteiger partial charge in [0.15, 0.2) is 0 Å². The Labute approximate surface area is 104 Å². The lowest BCUT2D eigenvalue weighted by atomic mass is 10.00. The Morgan fingerprint density at radius 3 is 3.00 bits per heavy atom. The Bertz CT molecular complexity index is 404. The maximum Gasteiger partial charge on any atom is 0.105 e. The van der Waals surface area contributed by atoms with Crippen molar-refractivity contribution in [1.29, 1.82) is 5.26 Å². The van der Waals surface area contributed by atoms with Gasteiger partial charge in [-0.1, -0.05) is 0 Å². The van der Waals surface area contributed by atoms with Crippen LogP contribution in [0.4, 0.5) is 0 Å². The van der Waals surface area contributed by atoms with Crippen LogP contribution in [0, 0.1) is 11.3 Å². The predicted molar refractivity (Wildman–Crippen MR) is 64.7 cm³/mol. The van der Waals surface area contributed by atoms with Crippen LogP contribution in [-0.4, -0.2) is 21.4 Å². The number of halogens is 1. The Hall–Kier alpha value is -0.860. The quantitative estimate of drug-likeness (QED) is 0.900. The zero-order valence-electron chi connectivity index (χ0n) is 9.28. The van der Waals surface area contributed by atoms with E-state index in [-0.39, 0.29) is 0 Å². The number of hydrogen-bond donors (Lipinski definition) is 1. The van der Waals surface area contributed by atoms with Gasteiger partial charge in [0.25, 0.3) is 0 Å². The van der Waals surface area contributed by atoms with Gasteiger partial charge in [-0.05, 0) is 42.1 Å². The normalized spacial score (nSPS) is 19.1. The van der Waals surface area contributed by atoms with E-state index in [9.17, 15) is 5.26 Å². The van der Waals surface area contributed by atoms with Crippen LogP contribution in [0.3, 0.4) is 0 Å². The molecule has 86 valence electrons. The van der Waals surface area contributed by atoms with Gasteiger partial charge < -0.3 is 0 Å². The molecule has 4 nitrogen and oxygen atoms in total. The SMILES string of the molecule is CC(C#N)(CCn1cc(Br)cn1)NC1CC1. The molecule has 0 saturated heterocycles. The van der Waals surface area contributed by atoms with E-state index < -0.39 is 5.54 Å². The van der Waals surface area contributed by atoms with Crippen molar-refractivity contribution in [1.82, 2.24) is 15.1 Å². The van der Waals surface area contributed by atoms with Gasteiger partial charge in [-0.3, -0.25) is 10.00 Å². The van der Waals surface area contributed by atoms with E-state index in [1.54, 1.807) is 6.20 Å². The molecule has 0 radical (unpaired) electrons. The second-order valence-corrected chi connectivity index (χ2v) is 5.45. The molecular weight excluding hydrogens is 268 g/mol. The first-order chi connectivity index (χ1) is 7.61. The van der Waals surface area contributed by atoms with Crippen molar-refractivity contribution in [3.63, 3.8) is 0 Å². The Balaban J connectivity index is 1.89. The molecule has 1 fully saturated rings. The number of nitriles is 1. The minimum Gasteiger partial charge on any atom is -0.297 e. The molecule has 1 heterocycles. The first-order valence-corrected chi connectivity index (χ1v) is 6.27. The second-order valence-electron chi connectivity index (χ2n) is 4.53. The third-order valence-corrected chi connectivity index (χ3v) is 3.20. The van der Waals surface area contributed by atoms with E-state index in [0.29, 0.717) is 6.04 Å². The summed E-state index contributed by atoms with van der Waals surface area (Å²) in [4.78, 5) is 0. The molecule has 1 atom stereocenters. The minimum absolute atomic E-state index is 0.431. The average molecular weight is 283 g/mol. The lowest BCUT2D eigenvalue weighted by molar-refractivity contribution is 0.379. The number of nitrogens with one attached hydrogen (secondary N) is 1. The molecule has 0 aliphatic heterocycles. The van der Waals surface area contributed by atoms with Crippen molar-refractivity contribution in [3.8, 4) is 6.07 Å². The van der Waals surface area contributed by atoms with E-state index in [2.05, 4.69) is 32.4 Å². The minimum atomic E-state index is -0.431. The van der Waals surface area contributed by atoms with Crippen LogP contribution in [0.15, 0.2) is 16.9 Å². The summed E-state index contributed by atoms with van der Waals surface area (Å²) in [6.07, 6.45) is 6.86. The highest BCUT2D eigenvalue weighted by atomic mass is 79.9. The van der Waals surface area contributed by atoms with Crippen LogP contribution in [0.25, 0.3) is 0 Å². The highest BCUT2D eigenvalue weighted by molar-refractivity contribution is 9.10. The summed E-state index contributed by atoms with van der Waals surface area (Å²) >= 11 is 3.36. The van der Waals surface area contributed by atoms with E-state index in [1.807, 2.05) is 17.8 Å². The molecule has 0 amide bonds. The maximum absolute atomic E-state index is 9.19. The Morgan fingerprint density at radius 2 is 2.50 bits per heavy atom. The van der Waals surface area contributed by atoms with Crippen LogP contribution in [0.2, 0.25) is 0 Å². The van der Waals surface area contributed by atoms with Crippen LogP contribution in [0.1, 0.15) is 26.2 Å². The summed E-state index contributed by atoms with van der Waals surface area (Å²) < 4.78 is 2.83. The average Bonchev–Trinajstić information content (AvgIpc) is 2.97. The maximum atomic E-state index is 9.19. The number of aryl methyl sites for hydroxylation is 1. The molecule has 1 N–H and O–H groups in total. The molecule has 5 heteroatoms. The summed E-state index contributed by atoms with van der Waals surface area (Å²) in [5.74, 6) is 0. The number of nitrogens with zero attached hydrogens (tertiary/aromatic N) is 3. The van der Waals surface area contributed by atoms with Gasteiger partial charge in [0.05, 0.1) is 16.7 Å². The smallest absolute Gasteiger partial charge is 0.105 e. The van der Waals surface area contributed by atoms with E-state index in [4.69, 9.17) is 0 Å². The van der Waals surface area contributed by atoms with Gasteiger partial charge in [-0.15, -0.1) is 0 Å². The molecule has 2 rings (SSSR count). The second kappa shape index (κ2) is 4.56. The summed E-state index contributed by atoms with van der Waals surface area (Å²) in [5.41, 5.74) is -0.431. The molecule has 1 aromatic rings. The fourth-order valence-corrected chi connectivity index (χ4v) is 1.97. The van der Waals surface area contributed by atoms with Gasteiger partial charge in [-0.25, -0.2) is 0 Å². The summed E-state index contributed by atoms with van der Waals surface area (Å²) in [5, 5.41) is 16.8. The van der Waals surface area contributed by atoms with Gasteiger partial charge in [0, 0.05) is 18.8 Å². The lowest BCUT2D eigenvalue weighted by Crippen LogP contribution is -2.43. The highest BCUT2D eigenvalue weighted by Gasteiger charge is 2.32. The van der Waals surface area contributed by atoms with E-state index >= 15 is 0 Å². The molecule has 1 unspecified atom stereocenters. The van der Waals surface area contributed by atoms with Crippen molar-refractivity contribution in [3.05, 3.63) is 16.9 Å². The van der Waals surface area contributed by atoms with Crippen molar-refractivity contribution in [2.24, 2.45) is 0 Å². The van der Waals surface area contributed by atoms with Crippen molar-refractivity contribution < 1.29 is 0 Å². The summed E-state index contributed by atoms with van der Waals surface area (Å²) in [6.45, 7) is 2.72. The zero-order chi connectivity index (χ0) is 11.6. The van der Waals surface area contributed by atoms with Crippen molar-refractivity contribution >= 4 is 15.9 Å². The fraction of sp³-hybridized carbons (Fsp3) is 0.636. The topological polar surface area (TPSA) is 53.6 Å². The van der Waals surface area contributed by atoms with Crippen LogP contribution >= 0.6 is 15.9 Å². The first kappa shape index (κ1) is 11.6. The molecule has 1 aliphatic rings. The molecule has 1 saturated carbocycles. The molecular formula is C11H15BrN4. The monoisotopic (exact) mass is 282 g/mol. The molecule has 16 heavy (non-hydrogen) atoms. The van der Waals surface area contributed by atoms with Crippen molar-refractivity contribution in [2.45, 2.75) is 44.3 Å². The number of rotatable bonds is 5. The lowest BCUT2D eigenvalue weighted by Gasteiger charge is -2.23. The third kappa shape index (κ3) is 3.06. The molecule has 1 aromatic heterocycles. The summed E-state index contributed by atoms with van der Waals surface area (Å²) in [6, 6.07) is 2.91. The molecule has 0 bridgehead atoms. The Kier molecular flexibility index (Phi) is 3.31. The van der Waals surface area contributed by atoms with Crippen LogP contribution in [0.5, 0.6) is 0 Å². The standard InChI is InChI=1S/C11H15BrN4/c1-11(8-13,15-10-2-3-10)4-5-16-7-9(12)6-14-16/h6-7,10,15H,2-5H2,1H3. The highest BCUT2D eigenvalue weighted by Crippen LogP contribution is 2.24. The Morgan fingerprint density at radius 1 is 1.75 bits per heavy atom. The van der Waals surface area contributed by atoms with E-state index in [0.717, 1.165) is 17.4 Å². The van der Waals surface area contributed by atoms with E-state index in [1.165, 1.54) is 12.8 Å². The first-order valence-electron chi connectivity index (χ1n) is 5.48.